The summed E-state index contributed by atoms with van der Waals surface area (Å²) in [6.45, 7) is 2.82. The molecular formula is C22H28N2O3. The lowest BCUT2D eigenvalue weighted by atomic mass is 10.0. The van der Waals surface area contributed by atoms with E-state index in [9.17, 15) is 9.90 Å². The number of likely N-dealkylation sites (tertiary alicyclic amines) is 1. The number of hydrogen-bond acceptors (Lipinski definition) is 3. The number of aromatic hydroxyl groups is 1. The molecule has 1 saturated heterocycles. The van der Waals surface area contributed by atoms with E-state index in [2.05, 4.69) is 5.32 Å². The van der Waals surface area contributed by atoms with Gasteiger partial charge in [-0.3, -0.25) is 0 Å². The van der Waals surface area contributed by atoms with Crippen LogP contribution < -0.4 is 10.1 Å². The van der Waals surface area contributed by atoms with Crippen LogP contribution in [0.25, 0.3) is 0 Å². The van der Waals surface area contributed by atoms with Gasteiger partial charge in [-0.1, -0.05) is 24.3 Å². The Kier molecular flexibility index (Phi) is 6.22. The largest absolute Gasteiger partial charge is 0.508 e. The molecule has 5 heteroatoms. The van der Waals surface area contributed by atoms with Gasteiger partial charge in [-0.05, 0) is 68.0 Å². The topological polar surface area (TPSA) is 61.8 Å². The highest BCUT2D eigenvalue weighted by molar-refractivity contribution is 5.75. The predicted octanol–water partition coefficient (Wildman–Crippen LogP) is 4.27. The van der Waals surface area contributed by atoms with Crippen molar-refractivity contribution in [1.29, 1.82) is 0 Å². The number of ether oxygens (including phenoxy) is 1. The molecule has 1 heterocycles. The molecule has 3 rings (SSSR count). The summed E-state index contributed by atoms with van der Waals surface area (Å²) < 4.78 is 5.22. The predicted molar refractivity (Wildman–Crippen MR) is 106 cm³/mol. The summed E-state index contributed by atoms with van der Waals surface area (Å²) in [5.74, 6) is 1.11. The van der Waals surface area contributed by atoms with Crippen molar-refractivity contribution in [3.05, 3.63) is 59.7 Å². The molecule has 1 aliphatic heterocycles. The molecule has 2 atom stereocenters. The van der Waals surface area contributed by atoms with E-state index in [0.717, 1.165) is 49.1 Å². The smallest absolute Gasteiger partial charge is 0.318 e. The summed E-state index contributed by atoms with van der Waals surface area (Å²) in [4.78, 5) is 14.7. The second kappa shape index (κ2) is 8.80. The number of benzene rings is 2. The first kappa shape index (κ1) is 19.1. The van der Waals surface area contributed by atoms with Crippen LogP contribution in [0.5, 0.6) is 11.5 Å². The molecule has 27 heavy (non-hydrogen) atoms. The van der Waals surface area contributed by atoms with Gasteiger partial charge in [0.2, 0.25) is 0 Å². The van der Waals surface area contributed by atoms with Crippen molar-refractivity contribution >= 4 is 6.03 Å². The van der Waals surface area contributed by atoms with E-state index in [-0.39, 0.29) is 23.9 Å². The molecule has 144 valence electrons. The van der Waals surface area contributed by atoms with Gasteiger partial charge in [-0.2, -0.15) is 0 Å². The van der Waals surface area contributed by atoms with E-state index >= 15 is 0 Å². The van der Waals surface area contributed by atoms with Crippen molar-refractivity contribution in [1.82, 2.24) is 10.2 Å². The lowest BCUT2D eigenvalue weighted by molar-refractivity contribution is 0.189. The number of urea groups is 1. The number of carbonyl (C=O) groups is 1. The molecule has 1 fully saturated rings. The van der Waals surface area contributed by atoms with Crippen molar-refractivity contribution in [3.63, 3.8) is 0 Å². The average molecular weight is 368 g/mol. The first-order valence-electron chi connectivity index (χ1n) is 9.56. The number of amides is 2. The Morgan fingerprint density at radius 3 is 2.59 bits per heavy atom. The fourth-order valence-corrected chi connectivity index (χ4v) is 3.59. The number of phenols is 1. The third kappa shape index (κ3) is 4.94. The van der Waals surface area contributed by atoms with Crippen molar-refractivity contribution < 1.29 is 14.6 Å². The summed E-state index contributed by atoms with van der Waals surface area (Å²) in [5.41, 5.74) is 2.31. The molecule has 2 unspecified atom stereocenters. The number of methoxy groups -OCH3 is 1. The second-order valence-corrected chi connectivity index (χ2v) is 7.18. The van der Waals surface area contributed by atoms with Crippen LogP contribution >= 0.6 is 0 Å². The summed E-state index contributed by atoms with van der Waals surface area (Å²) >= 11 is 0. The first-order chi connectivity index (χ1) is 13.1. The Morgan fingerprint density at radius 2 is 1.93 bits per heavy atom. The third-order valence-electron chi connectivity index (χ3n) is 5.19. The normalized spacial score (nSPS) is 17.6. The second-order valence-electron chi connectivity index (χ2n) is 7.18. The lowest BCUT2D eigenvalue weighted by Gasteiger charge is -2.27. The minimum absolute atomic E-state index is 0.00604. The summed E-state index contributed by atoms with van der Waals surface area (Å²) in [7, 11) is 1.66. The molecule has 5 nitrogen and oxygen atoms in total. The highest BCUT2D eigenvalue weighted by Gasteiger charge is 2.30. The van der Waals surface area contributed by atoms with E-state index in [0.29, 0.717) is 0 Å². The standard InChI is InChI=1S/C22H28N2O3/c1-16(5-6-17-7-11-19(25)12-8-17)23-22(26)24-15-3-4-21(24)18-9-13-20(27-2)14-10-18/h7-14,16,21,25H,3-6,15H2,1-2H3,(H,23,26). The van der Waals surface area contributed by atoms with Crippen LogP contribution in [-0.4, -0.2) is 35.7 Å². The van der Waals surface area contributed by atoms with Gasteiger partial charge in [0.25, 0.3) is 0 Å². The molecule has 0 saturated carbocycles. The number of aryl methyl sites for hydroxylation is 1. The fourth-order valence-electron chi connectivity index (χ4n) is 3.59. The van der Waals surface area contributed by atoms with Gasteiger partial charge in [0, 0.05) is 12.6 Å². The zero-order valence-corrected chi connectivity index (χ0v) is 16.0. The van der Waals surface area contributed by atoms with Crippen LogP contribution in [0.3, 0.4) is 0 Å². The molecule has 2 amide bonds. The Bertz CT molecular complexity index is 743. The molecule has 2 N–H and O–H groups in total. The molecule has 0 bridgehead atoms. The number of nitrogens with one attached hydrogen (secondary N) is 1. The van der Waals surface area contributed by atoms with Crippen LogP contribution in [0, 0.1) is 0 Å². The summed E-state index contributed by atoms with van der Waals surface area (Å²) in [5, 5.41) is 12.5. The molecule has 0 spiro atoms. The van der Waals surface area contributed by atoms with Gasteiger partial charge in [-0.25, -0.2) is 4.79 Å². The number of rotatable bonds is 6. The van der Waals surface area contributed by atoms with Crippen molar-refractivity contribution in [2.45, 2.75) is 44.7 Å². The number of carbonyl (C=O) groups excluding carboxylic acids is 1. The van der Waals surface area contributed by atoms with E-state index in [1.54, 1.807) is 19.2 Å². The maximum absolute atomic E-state index is 12.8. The minimum Gasteiger partial charge on any atom is -0.508 e. The van der Waals surface area contributed by atoms with Gasteiger partial charge in [-0.15, -0.1) is 0 Å². The van der Waals surface area contributed by atoms with E-state index < -0.39 is 0 Å². The van der Waals surface area contributed by atoms with Gasteiger partial charge < -0.3 is 20.1 Å². The summed E-state index contributed by atoms with van der Waals surface area (Å²) in [6, 6.07) is 15.4. The van der Waals surface area contributed by atoms with Gasteiger partial charge in [0.05, 0.1) is 13.2 Å². The minimum atomic E-state index is 0.00604. The van der Waals surface area contributed by atoms with E-state index in [1.807, 2.05) is 48.2 Å². The third-order valence-corrected chi connectivity index (χ3v) is 5.19. The van der Waals surface area contributed by atoms with Crippen molar-refractivity contribution in [2.75, 3.05) is 13.7 Å². The van der Waals surface area contributed by atoms with Gasteiger partial charge in [0.1, 0.15) is 11.5 Å². The fraction of sp³-hybridized carbons (Fsp3) is 0.409. The Morgan fingerprint density at radius 1 is 1.22 bits per heavy atom. The molecule has 2 aromatic rings. The zero-order valence-electron chi connectivity index (χ0n) is 16.0. The van der Waals surface area contributed by atoms with E-state index in [4.69, 9.17) is 4.74 Å². The van der Waals surface area contributed by atoms with Gasteiger partial charge in [0.15, 0.2) is 0 Å². The molecule has 0 radical (unpaired) electrons. The Labute approximate surface area is 161 Å². The van der Waals surface area contributed by atoms with E-state index in [1.165, 1.54) is 0 Å². The molecule has 1 aliphatic rings. The molecule has 0 aliphatic carbocycles. The van der Waals surface area contributed by atoms with Crippen LogP contribution in [-0.2, 0) is 6.42 Å². The van der Waals surface area contributed by atoms with Crippen LogP contribution in [0.1, 0.15) is 43.4 Å². The highest BCUT2D eigenvalue weighted by atomic mass is 16.5. The molecule has 2 aromatic carbocycles. The monoisotopic (exact) mass is 368 g/mol. The van der Waals surface area contributed by atoms with Gasteiger partial charge >= 0.3 is 6.03 Å². The quantitative estimate of drug-likeness (QED) is 0.800. The van der Waals surface area contributed by atoms with Crippen LogP contribution in [0.4, 0.5) is 4.79 Å². The number of phenolic OH excluding ortho intramolecular Hbond substituents is 1. The van der Waals surface area contributed by atoms with Crippen LogP contribution in [0.2, 0.25) is 0 Å². The Hall–Kier alpha value is -2.69. The van der Waals surface area contributed by atoms with Crippen molar-refractivity contribution in [2.24, 2.45) is 0 Å². The maximum atomic E-state index is 12.8. The number of hydrogen-bond donors (Lipinski definition) is 2. The maximum Gasteiger partial charge on any atom is 0.318 e. The SMILES string of the molecule is COc1ccc(C2CCCN2C(=O)NC(C)CCc2ccc(O)cc2)cc1. The Balaban J connectivity index is 1.54. The lowest BCUT2D eigenvalue weighted by Crippen LogP contribution is -2.43. The molecular weight excluding hydrogens is 340 g/mol. The zero-order chi connectivity index (χ0) is 19.2. The van der Waals surface area contributed by atoms with Crippen LogP contribution in [0.15, 0.2) is 48.5 Å². The summed E-state index contributed by atoms with van der Waals surface area (Å²) in [6.07, 6.45) is 3.73. The highest BCUT2D eigenvalue weighted by Crippen LogP contribution is 2.32. The first-order valence-corrected chi connectivity index (χ1v) is 9.56. The number of nitrogens with zero attached hydrogens (tertiary/aromatic N) is 1. The van der Waals surface area contributed by atoms with Crippen molar-refractivity contribution in [3.8, 4) is 11.5 Å². The average Bonchev–Trinajstić information content (AvgIpc) is 3.17. The molecule has 0 aromatic heterocycles.